The number of carbonyl (C=O) groups is 1. The van der Waals surface area contributed by atoms with Crippen LogP contribution in [0.1, 0.15) is 37.6 Å². The van der Waals surface area contributed by atoms with Crippen LogP contribution in [0.3, 0.4) is 0 Å². The first-order chi connectivity index (χ1) is 14.1. The van der Waals surface area contributed by atoms with Crippen LogP contribution >= 0.6 is 34.5 Å². The lowest BCUT2D eigenvalue weighted by atomic mass is 9.72. The zero-order valence-electron chi connectivity index (χ0n) is 17.0. The van der Waals surface area contributed by atoms with E-state index < -0.39 is 0 Å². The van der Waals surface area contributed by atoms with Crippen LogP contribution in [0.4, 0.5) is 5.69 Å². The van der Waals surface area contributed by atoms with Crippen LogP contribution < -0.4 is 10.9 Å². The number of hydrogen-bond donors (Lipinski definition) is 1. The predicted octanol–water partition coefficient (Wildman–Crippen LogP) is 4.95. The molecule has 0 bridgehead atoms. The Kier molecular flexibility index (Phi) is 5.64. The Morgan fingerprint density at radius 3 is 2.77 bits per heavy atom. The van der Waals surface area contributed by atoms with Crippen LogP contribution in [0.2, 0.25) is 10.0 Å². The van der Waals surface area contributed by atoms with Crippen molar-refractivity contribution in [3.63, 3.8) is 0 Å². The van der Waals surface area contributed by atoms with E-state index >= 15 is 0 Å². The molecule has 4 rings (SSSR count). The average molecular weight is 465 g/mol. The minimum absolute atomic E-state index is 0.225. The maximum atomic E-state index is 13.1. The van der Waals surface area contributed by atoms with Gasteiger partial charge in [0.15, 0.2) is 4.83 Å². The van der Waals surface area contributed by atoms with Gasteiger partial charge in [-0.15, -0.1) is 16.4 Å². The fourth-order valence-electron chi connectivity index (χ4n) is 3.88. The number of nitrogens with zero attached hydrogens (tertiary/aromatic N) is 3. The molecule has 1 unspecified atom stereocenters. The summed E-state index contributed by atoms with van der Waals surface area (Å²) in [5.74, 6) is 0.186. The van der Waals surface area contributed by atoms with E-state index in [4.69, 9.17) is 23.2 Å². The first-order valence-electron chi connectivity index (χ1n) is 9.76. The van der Waals surface area contributed by atoms with Crippen molar-refractivity contribution in [2.45, 2.75) is 46.6 Å². The quantitative estimate of drug-likeness (QED) is 0.594. The molecule has 1 N–H and O–H groups in total. The van der Waals surface area contributed by atoms with Gasteiger partial charge in [-0.1, -0.05) is 49.2 Å². The summed E-state index contributed by atoms with van der Waals surface area (Å²) < 4.78 is 1.12. The first kappa shape index (κ1) is 21.3. The number of aryl methyl sites for hydroxylation is 1. The topological polar surface area (TPSA) is 76.9 Å². The molecule has 3 aromatic rings. The monoisotopic (exact) mass is 464 g/mol. The Balaban J connectivity index is 1.59. The number of thiophene rings is 1. The van der Waals surface area contributed by atoms with Crippen molar-refractivity contribution in [1.29, 1.82) is 0 Å². The Morgan fingerprint density at radius 2 is 2.07 bits per heavy atom. The molecule has 0 aliphatic heterocycles. The summed E-state index contributed by atoms with van der Waals surface area (Å²) in [5.41, 5.74) is 1.53. The van der Waals surface area contributed by atoms with E-state index in [0.717, 1.165) is 29.5 Å². The Bertz CT molecular complexity index is 1200. The summed E-state index contributed by atoms with van der Waals surface area (Å²) in [7, 11) is 0. The number of halogens is 2. The van der Waals surface area contributed by atoms with E-state index in [9.17, 15) is 9.59 Å². The van der Waals surface area contributed by atoms with Crippen molar-refractivity contribution in [2.75, 3.05) is 5.32 Å². The van der Waals surface area contributed by atoms with Crippen LogP contribution in [0.15, 0.2) is 23.0 Å². The molecule has 0 radical (unpaired) electrons. The number of fused-ring (bicyclic) bond motifs is 3. The van der Waals surface area contributed by atoms with Gasteiger partial charge in [-0.2, -0.15) is 0 Å². The number of amides is 1. The highest BCUT2D eigenvalue weighted by molar-refractivity contribution is 7.18. The SMILES string of the molecule is CC(C)(C)C1CCc2c(sc3nnn(CC(=O)Nc4ccc(Cl)c(Cl)c4)c(=O)c23)C1. The molecular weight excluding hydrogens is 443 g/mol. The summed E-state index contributed by atoms with van der Waals surface area (Å²) in [6.45, 7) is 6.55. The fourth-order valence-corrected chi connectivity index (χ4v) is 5.41. The molecule has 2 aromatic heterocycles. The number of rotatable bonds is 3. The number of anilines is 1. The molecule has 158 valence electrons. The molecule has 0 fully saturated rings. The smallest absolute Gasteiger partial charge is 0.279 e. The zero-order chi connectivity index (χ0) is 21.6. The summed E-state index contributed by atoms with van der Waals surface area (Å²) in [4.78, 5) is 27.4. The van der Waals surface area contributed by atoms with Gasteiger partial charge in [-0.05, 0) is 54.4 Å². The summed E-state index contributed by atoms with van der Waals surface area (Å²) >= 11 is 13.4. The number of benzene rings is 1. The van der Waals surface area contributed by atoms with Gasteiger partial charge in [0, 0.05) is 10.6 Å². The maximum absolute atomic E-state index is 13.1. The molecule has 1 aromatic carbocycles. The normalized spacial score (nSPS) is 16.5. The molecule has 2 heterocycles. The highest BCUT2D eigenvalue weighted by Gasteiger charge is 2.32. The number of aromatic nitrogens is 3. The Labute approximate surface area is 188 Å². The minimum atomic E-state index is -0.388. The van der Waals surface area contributed by atoms with Gasteiger partial charge in [-0.25, -0.2) is 4.68 Å². The van der Waals surface area contributed by atoms with Crippen LogP contribution in [0, 0.1) is 11.3 Å². The molecule has 1 atom stereocenters. The molecule has 0 saturated heterocycles. The van der Waals surface area contributed by atoms with E-state index in [2.05, 4.69) is 36.4 Å². The highest BCUT2D eigenvalue weighted by atomic mass is 35.5. The van der Waals surface area contributed by atoms with Crippen molar-refractivity contribution in [3.8, 4) is 0 Å². The van der Waals surface area contributed by atoms with Gasteiger partial charge in [0.05, 0.1) is 15.4 Å². The molecule has 0 saturated carbocycles. The Hall–Kier alpha value is -1.96. The Morgan fingerprint density at radius 1 is 1.30 bits per heavy atom. The third-order valence-corrected chi connectivity index (χ3v) is 7.54. The number of hydrogen-bond acceptors (Lipinski definition) is 5. The van der Waals surface area contributed by atoms with E-state index in [1.807, 2.05) is 0 Å². The maximum Gasteiger partial charge on any atom is 0.279 e. The van der Waals surface area contributed by atoms with Crippen molar-refractivity contribution in [2.24, 2.45) is 11.3 Å². The molecule has 1 aliphatic carbocycles. The standard InChI is InChI=1S/C21H22Cl2N4O2S/c1-21(2,3)11-4-6-13-16(8-11)30-19-18(13)20(29)27(26-25-19)10-17(28)24-12-5-7-14(22)15(23)9-12/h5,7,9,11H,4,6,8,10H2,1-3H3,(H,24,28). The summed E-state index contributed by atoms with van der Waals surface area (Å²) in [5, 5.41) is 12.3. The molecule has 9 heteroatoms. The van der Waals surface area contributed by atoms with Gasteiger partial charge >= 0.3 is 0 Å². The van der Waals surface area contributed by atoms with E-state index in [1.54, 1.807) is 29.5 Å². The van der Waals surface area contributed by atoms with Gasteiger partial charge in [0.1, 0.15) is 6.54 Å². The first-order valence-corrected chi connectivity index (χ1v) is 11.3. The van der Waals surface area contributed by atoms with E-state index in [1.165, 1.54) is 4.88 Å². The molecule has 1 amide bonds. The number of nitrogens with one attached hydrogen (secondary N) is 1. The van der Waals surface area contributed by atoms with Gasteiger partial charge < -0.3 is 5.32 Å². The molecular formula is C21H22Cl2N4O2S. The molecule has 6 nitrogen and oxygen atoms in total. The summed E-state index contributed by atoms with van der Waals surface area (Å²) in [6, 6.07) is 4.80. The predicted molar refractivity (Wildman–Crippen MR) is 122 cm³/mol. The molecule has 30 heavy (non-hydrogen) atoms. The second kappa shape index (κ2) is 7.94. The van der Waals surface area contributed by atoms with Crippen LogP contribution in [-0.2, 0) is 24.2 Å². The molecule has 0 spiro atoms. The van der Waals surface area contributed by atoms with Crippen molar-refractivity contribution in [1.82, 2.24) is 15.0 Å². The highest BCUT2D eigenvalue weighted by Crippen LogP contribution is 2.41. The van der Waals surface area contributed by atoms with Gasteiger partial charge in [0.2, 0.25) is 5.91 Å². The lowest BCUT2D eigenvalue weighted by Crippen LogP contribution is -2.31. The number of carbonyl (C=O) groups excluding carboxylic acids is 1. The van der Waals surface area contributed by atoms with Gasteiger partial charge in [-0.3, -0.25) is 9.59 Å². The molecule has 1 aliphatic rings. The van der Waals surface area contributed by atoms with E-state index in [-0.39, 0.29) is 23.4 Å². The third kappa shape index (κ3) is 4.11. The van der Waals surface area contributed by atoms with Crippen LogP contribution in [0.5, 0.6) is 0 Å². The van der Waals surface area contributed by atoms with Crippen molar-refractivity contribution < 1.29 is 4.79 Å². The lowest BCUT2D eigenvalue weighted by molar-refractivity contribution is -0.117. The van der Waals surface area contributed by atoms with Crippen molar-refractivity contribution >= 4 is 56.3 Å². The second-order valence-electron chi connectivity index (χ2n) is 8.72. The fraction of sp³-hybridized carbons (Fsp3) is 0.429. The second-order valence-corrected chi connectivity index (χ2v) is 10.6. The summed E-state index contributed by atoms with van der Waals surface area (Å²) in [6.07, 6.45) is 2.85. The third-order valence-electron chi connectivity index (χ3n) is 5.66. The zero-order valence-corrected chi connectivity index (χ0v) is 19.3. The average Bonchev–Trinajstić information content (AvgIpc) is 3.05. The van der Waals surface area contributed by atoms with Crippen LogP contribution in [-0.4, -0.2) is 20.9 Å². The van der Waals surface area contributed by atoms with E-state index in [0.29, 0.717) is 31.9 Å². The lowest BCUT2D eigenvalue weighted by Gasteiger charge is -2.33. The van der Waals surface area contributed by atoms with Crippen molar-refractivity contribution in [3.05, 3.63) is 49.0 Å². The largest absolute Gasteiger partial charge is 0.324 e. The minimum Gasteiger partial charge on any atom is -0.324 e. The van der Waals surface area contributed by atoms with Crippen LogP contribution in [0.25, 0.3) is 10.2 Å². The van der Waals surface area contributed by atoms with Gasteiger partial charge in [0.25, 0.3) is 5.56 Å².